The molecule has 3 rings (SSSR count). The average Bonchev–Trinajstić information content (AvgIpc) is 2.67. The molecular weight excluding hydrogens is 327 g/mol. The first kappa shape index (κ1) is 16.8. The van der Waals surface area contributed by atoms with E-state index in [1.165, 1.54) is 24.3 Å². The molecule has 130 valence electrons. The van der Waals surface area contributed by atoms with E-state index in [0.717, 1.165) is 0 Å². The van der Waals surface area contributed by atoms with Crippen LogP contribution >= 0.6 is 0 Å². The van der Waals surface area contributed by atoms with Crippen LogP contribution in [0.15, 0.2) is 42.6 Å². The predicted octanol–water partition coefficient (Wildman–Crippen LogP) is 1.13. The number of nitrogens with zero attached hydrogens (tertiary/aromatic N) is 2. The van der Waals surface area contributed by atoms with Crippen molar-refractivity contribution in [3.05, 3.63) is 59.5 Å². The minimum Gasteiger partial charge on any atom is -0.378 e. The molecule has 0 aliphatic carbocycles. The van der Waals surface area contributed by atoms with Gasteiger partial charge in [-0.2, -0.15) is 0 Å². The van der Waals surface area contributed by atoms with Gasteiger partial charge in [-0.25, -0.2) is 9.37 Å². The number of ether oxygens (including phenoxy) is 1. The SMILES string of the molecule is O=C(NNC(=O)c1cccnc1N1CCOCC1)c1ccccc1F. The maximum atomic E-state index is 13.6. The van der Waals surface area contributed by atoms with Crippen molar-refractivity contribution >= 4 is 17.6 Å². The molecule has 0 atom stereocenters. The summed E-state index contributed by atoms with van der Waals surface area (Å²) in [4.78, 5) is 30.6. The van der Waals surface area contributed by atoms with Gasteiger partial charge in [0.1, 0.15) is 11.6 Å². The summed E-state index contributed by atoms with van der Waals surface area (Å²) in [5.74, 6) is -1.41. The molecule has 1 saturated heterocycles. The first-order valence-corrected chi connectivity index (χ1v) is 7.80. The quantitative estimate of drug-likeness (QED) is 0.816. The lowest BCUT2D eigenvalue weighted by atomic mass is 10.2. The Bertz CT molecular complexity index is 778. The number of aromatic nitrogens is 1. The summed E-state index contributed by atoms with van der Waals surface area (Å²) in [5, 5.41) is 0. The number of carbonyl (C=O) groups excluding carboxylic acids is 2. The second kappa shape index (κ2) is 7.71. The molecule has 0 spiro atoms. The fourth-order valence-corrected chi connectivity index (χ4v) is 2.49. The van der Waals surface area contributed by atoms with Crippen LogP contribution in [-0.4, -0.2) is 43.1 Å². The summed E-state index contributed by atoms with van der Waals surface area (Å²) in [7, 11) is 0. The van der Waals surface area contributed by atoms with Crippen LogP contribution in [0, 0.1) is 5.82 Å². The third kappa shape index (κ3) is 3.92. The van der Waals surface area contributed by atoms with E-state index in [4.69, 9.17) is 4.74 Å². The molecule has 7 nitrogen and oxygen atoms in total. The second-order valence-electron chi connectivity index (χ2n) is 5.36. The predicted molar refractivity (Wildman–Crippen MR) is 88.6 cm³/mol. The Kier molecular flexibility index (Phi) is 5.20. The van der Waals surface area contributed by atoms with E-state index in [-0.39, 0.29) is 5.56 Å². The zero-order chi connectivity index (χ0) is 17.6. The van der Waals surface area contributed by atoms with Crippen LogP contribution in [0.5, 0.6) is 0 Å². The van der Waals surface area contributed by atoms with E-state index in [1.54, 1.807) is 18.3 Å². The Morgan fingerprint density at radius 1 is 1.00 bits per heavy atom. The van der Waals surface area contributed by atoms with E-state index in [9.17, 15) is 14.0 Å². The highest BCUT2D eigenvalue weighted by Gasteiger charge is 2.20. The zero-order valence-corrected chi connectivity index (χ0v) is 13.4. The Morgan fingerprint density at radius 2 is 1.64 bits per heavy atom. The number of pyridine rings is 1. The molecule has 2 amide bonds. The topological polar surface area (TPSA) is 83.6 Å². The van der Waals surface area contributed by atoms with Gasteiger partial charge in [0.05, 0.1) is 24.3 Å². The van der Waals surface area contributed by atoms with E-state index >= 15 is 0 Å². The summed E-state index contributed by atoms with van der Waals surface area (Å²) in [5.41, 5.74) is 4.69. The van der Waals surface area contributed by atoms with Gasteiger partial charge in [0.25, 0.3) is 11.8 Å². The first-order chi connectivity index (χ1) is 12.2. The van der Waals surface area contributed by atoms with Gasteiger partial charge in [0.2, 0.25) is 0 Å². The van der Waals surface area contributed by atoms with Crippen LogP contribution in [0.25, 0.3) is 0 Å². The number of benzene rings is 1. The number of carbonyl (C=O) groups is 2. The maximum Gasteiger partial charge on any atom is 0.273 e. The summed E-state index contributed by atoms with van der Waals surface area (Å²) in [6.07, 6.45) is 1.60. The van der Waals surface area contributed by atoms with Gasteiger partial charge < -0.3 is 9.64 Å². The first-order valence-electron chi connectivity index (χ1n) is 7.80. The van der Waals surface area contributed by atoms with Crippen LogP contribution in [0.1, 0.15) is 20.7 Å². The number of halogens is 1. The molecule has 1 aliphatic heterocycles. The lowest BCUT2D eigenvalue weighted by molar-refractivity contribution is 0.0843. The van der Waals surface area contributed by atoms with Crippen LogP contribution in [-0.2, 0) is 4.74 Å². The van der Waals surface area contributed by atoms with Crippen LogP contribution in [0.3, 0.4) is 0 Å². The Hall–Kier alpha value is -3.00. The molecular formula is C17H17FN4O3. The Balaban J connectivity index is 1.69. The number of amides is 2. The van der Waals surface area contributed by atoms with Crippen molar-refractivity contribution in [3.8, 4) is 0 Å². The molecule has 0 saturated carbocycles. The van der Waals surface area contributed by atoms with Crippen molar-refractivity contribution in [3.63, 3.8) is 0 Å². The maximum absolute atomic E-state index is 13.6. The van der Waals surface area contributed by atoms with Gasteiger partial charge in [-0.05, 0) is 24.3 Å². The second-order valence-corrected chi connectivity index (χ2v) is 5.36. The number of hydrogen-bond acceptors (Lipinski definition) is 5. The van der Waals surface area contributed by atoms with Crippen molar-refractivity contribution in [1.29, 1.82) is 0 Å². The third-order valence-corrected chi connectivity index (χ3v) is 3.75. The molecule has 25 heavy (non-hydrogen) atoms. The van der Waals surface area contributed by atoms with Crippen LogP contribution in [0.4, 0.5) is 10.2 Å². The van der Waals surface area contributed by atoms with Gasteiger partial charge >= 0.3 is 0 Å². The highest BCUT2D eigenvalue weighted by molar-refractivity contribution is 6.01. The van der Waals surface area contributed by atoms with Gasteiger partial charge in [-0.3, -0.25) is 20.4 Å². The lowest BCUT2D eigenvalue weighted by Gasteiger charge is -2.29. The monoisotopic (exact) mass is 344 g/mol. The highest BCUT2D eigenvalue weighted by atomic mass is 19.1. The number of rotatable bonds is 3. The number of nitrogens with one attached hydrogen (secondary N) is 2. The molecule has 0 radical (unpaired) electrons. The minimum absolute atomic E-state index is 0.151. The summed E-state index contributed by atoms with van der Waals surface area (Å²) < 4.78 is 18.9. The molecule has 1 aromatic heterocycles. The van der Waals surface area contributed by atoms with Crippen LogP contribution < -0.4 is 15.8 Å². The average molecular weight is 344 g/mol. The van der Waals surface area contributed by atoms with Crippen molar-refractivity contribution < 1.29 is 18.7 Å². The molecule has 1 fully saturated rings. The van der Waals surface area contributed by atoms with Crippen molar-refractivity contribution in [1.82, 2.24) is 15.8 Å². The number of hydrogen-bond donors (Lipinski definition) is 2. The smallest absolute Gasteiger partial charge is 0.273 e. The number of anilines is 1. The summed E-state index contributed by atoms with van der Waals surface area (Å²) in [6, 6.07) is 8.78. The van der Waals surface area contributed by atoms with Crippen molar-refractivity contribution in [2.45, 2.75) is 0 Å². The van der Waals surface area contributed by atoms with E-state index in [0.29, 0.717) is 37.7 Å². The van der Waals surface area contributed by atoms with E-state index in [1.807, 2.05) is 4.90 Å². The molecule has 2 heterocycles. The van der Waals surface area contributed by atoms with E-state index in [2.05, 4.69) is 15.8 Å². The number of morpholine rings is 1. The Labute approximate surface area is 143 Å². The highest BCUT2D eigenvalue weighted by Crippen LogP contribution is 2.18. The molecule has 0 bridgehead atoms. The Morgan fingerprint density at radius 3 is 2.36 bits per heavy atom. The zero-order valence-electron chi connectivity index (χ0n) is 13.4. The molecule has 2 aromatic rings. The summed E-state index contributed by atoms with van der Waals surface area (Å²) >= 11 is 0. The number of hydrazine groups is 1. The van der Waals surface area contributed by atoms with Gasteiger partial charge in [0.15, 0.2) is 0 Å². The van der Waals surface area contributed by atoms with E-state index < -0.39 is 17.6 Å². The summed E-state index contributed by atoms with van der Waals surface area (Å²) in [6.45, 7) is 2.36. The lowest BCUT2D eigenvalue weighted by Crippen LogP contribution is -2.43. The molecule has 0 unspecified atom stereocenters. The van der Waals surface area contributed by atoms with Crippen molar-refractivity contribution in [2.24, 2.45) is 0 Å². The third-order valence-electron chi connectivity index (χ3n) is 3.75. The fraction of sp³-hybridized carbons (Fsp3) is 0.235. The minimum atomic E-state index is -0.733. The molecule has 1 aliphatic rings. The van der Waals surface area contributed by atoms with Gasteiger partial charge in [-0.15, -0.1) is 0 Å². The standard InChI is InChI=1S/C17H17FN4O3/c18-14-6-2-1-4-12(14)16(23)20-21-17(24)13-5-3-7-19-15(13)22-8-10-25-11-9-22/h1-7H,8-11H2,(H,20,23)(H,21,24). The van der Waals surface area contributed by atoms with Crippen LogP contribution in [0.2, 0.25) is 0 Å². The van der Waals surface area contributed by atoms with Gasteiger partial charge in [0, 0.05) is 19.3 Å². The largest absolute Gasteiger partial charge is 0.378 e. The van der Waals surface area contributed by atoms with Gasteiger partial charge in [-0.1, -0.05) is 12.1 Å². The normalized spacial score (nSPS) is 14.0. The fourth-order valence-electron chi connectivity index (χ4n) is 2.49. The molecule has 8 heteroatoms. The molecule has 1 aromatic carbocycles. The van der Waals surface area contributed by atoms with Crippen molar-refractivity contribution in [2.75, 3.05) is 31.2 Å². The molecule has 2 N–H and O–H groups in total.